The molecule has 0 saturated carbocycles. The van der Waals surface area contributed by atoms with Crippen LogP contribution < -0.4 is 5.32 Å². The molecule has 1 rings (SSSR count). The van der Waals surface area contributed by atoms with E-state index in [1.165, 1.54) is 0 Å². The zero-order valence-electron chi connectivity index (χ0n) is 10.9. The van der Waals surface area contributed by atoms with Crippen LogP contribution in [0.4, 0.5) is 4.79 Å². The van der Waals surface area contributed by atoms with E-state index in [0.717, 1.165) is 6.42 Å². The summed E-state index contributed by atoms with van der Waals surface area (Å²) in [6, 6.07) is 0.0817. The Morgan fingerprint density at radius 3 is 2.89 bits per heavy atom. The summed E-state index contributed by atoms with van der Waals surface area (Å²) in [7, 11) is 0. The van der Waals surface area contributed by atoms with Gasteiger partial charge >= 0.3 is 12.0 Å². The van der Waals surface area contributed by atoms with Gasteiger partial charge in [0.25, 0.3) is 0 Å². The van der Waals surface area contributed by atoms with E-state index in [4.69, 9.17) is 9.84 Å². The quantitative estimate of drug-likeness (QED) is 0.698. The van der Waals surface area contributed by atoms with E-state index >= 15 is 0 Å². The minimum absolute atomic E-state index is 0.0690. The molecule has 1 unspecified atom stereocenters. The number of carboxylic acids is 1. The number of rotatable bonds is 6. The fraction of sp³-hybridized carbons (Fsp3) is 0.833. The molecule has 1 aliphatic rings. The Balaban J connectivity index is 2.20. The summed E-state index contributed by atoms with van der Waals surface area (Å²) in [4.78, 5) is 24.0. The van der Waals surface area contributed by atoms with Crippen molar-refractivity contribution in [3.8, 4) is 0 Å². The van der Waals surface area contributed by atoms with Crippen LogP contribution in [0.5, 0.6) is 0 Å². The highest BCUT2D eigenvalue weighted by Gasteiger charge is 2.25. The van der Waals surface area contributed by atoms with E-state index in [1.54, 1.807) is 4.90 Å². The summed E-state index contributed by atoms with van der Waals surface area (Å²) in [5, 5.41) is 11.3. The Bertz CT molecular complexity index is 283. The summed E-state index contributed by atoms with van der Waals surface area (Å²) < 4.78 is 5.34. The van der Waals surface area contributed by atoms with E-state index in [2.05, 4.69) is 5.32 Å². The van der Waals surface area contributed by atoms with Gasteiger partial charge in [-0.2, -0.15) is 0 Å². The first-order chi connectivity index (χ1) is 8.65. The minimum atomic E-state index is -0.791. The summed E-state index contributed by atoms with van der Waals surface area (Å²) >= 11 is 0. The first-order valence-electron chi connectivity index (χ1n) is 6.49. The van der Waals surface area contributed by atoms with Gasteiger partial charge in [-0.15, -0.1) is 0 Å². The van der Waals surface area contributed by atoms with E-state index in [1.807, 2.05) is 6.92 Å². The molecule has 0 aromatic carbocycles. The smallest absolute Gasteiger partial charge is 0.317 e. The van der Waals surface area contributed by atoms with Crippen molar-refractivity contribution in [2.24, 2.45) is 0 Å². The van der Waals surface area contributed by atoms with Gasteiger partial charge in [-0.1, -0.05) is 6.92 Å². The zero-order valence-corrected chi connectivity index (χ0v) is 10.9. The highest BCUT2D eigenvalue weighted by Crippen LogP contribution is 2.10. The molecule has 1 heterocycles. The number of carbonyl (C=O) groups is 2. The lowest BCUT2D eigenvalue weighted by atomic mass is 10.2. The van der Waals surface area contributed by atoms with Crippen LogP contribution in [-0.4, -0.2) is 54.4 Å². The predicted octanol–water partition coefficient (Wildman–Crippen LogP) is 1.06. The fourth-order valence-electron chi connectivity index (χ4n) is 1.96. The Labute approximate surface area is 107 Å². The second-order valence-electron chi connectivity index (χ2n) is 4.41. The number of aliphatic carboxylic acids is 1. The van der Waals surface area contributed by atoms with Gasteiger partial charge in [-0.05, 0) is 19.3 Å². The zero-order chi connectivity index (χ0) is 13.4. The predicted molar refractivity (Wildman–Crippen MR) is 66.5 cm³/mol. The molecule has 2 N–H and O–H groups in total. The van der Waals surface area contributed by atoms with Gasteiger partial charge in [-0.3, -0.25) is 4.79 Å². The van der Waals surface area contributed by atoms with Crippen molar-refractivity contribution >= 4 is 12.0 Å². The lowest BCUT2D eigenvalue weighted by molar-refractivity contribution is -0.137. The third-order valence-corrected chi connectivity index (χ3v) is 3.05. The molecule has 1 aliphatic heterocycles. The van der Waals surface area contributed by atoms with Crippen molar-refractivity contribution in [3.05, 3.63) is 0 Å². The molecular formula is C12H22N2O4. The van der Waals surface area contributed by atoms with Crippen LogP contribution in [0.3, 0.4) is 0 Å². The first kappa shape index (κ1) is 14.8. The van der Waals surface area contributed by atoms with Crippen LogP contribution in [0.1, 0.15) is 32.6 Å². The van der Waals surface area contributed by atoms with Crippen LogP contribution in [0.15, 0.2) is 0 Å². The van der Waals surface area contributed by atoms with Crippen molar-refractivity contribution in [2.75, 3.05) is 26.3 Å². The molecule has 6 heteroatoms. The van der Waals surface area contributed by atoms with E-state index < -0.39 is 5.97 Å². The van der Waals surface area contributed by atoms with Gasteiger partial charge in [0.05, 0.1) is 19.3 Å². The molecule has 0 aromatic rings. The topological polar surface area (TPSA) is 78.9 Å². The number of carbonyl (C=O) groups excluding carboxylic acids is 1. The van der Waals surface area contributed by atoms with E-state index in [0.29, 0.717) is 39.1 Å². The Hall–Kier alpha value is -1.30. The Morgan fingerprint density at radius 1 is 1.44 bits per heavy atom. The monoisotopic (exact) mass is 258 g/mol. The maximum Gasteiger partial charge on any atom is 0.317 e. The van der Waals surface area contributed by atoms with Crippen LogP contribution in [0.25, 0.3) is 0 Å². The summed E-state index contributed by atoms with van der Waals surface area (Å²) in [6.45, 7) is 4.37. The third kappa shape index (κ3) is 4.91. The number of unbranched alkanes of at least 4 members (excludes halogenated alkanes) is 1. The van der Waals surface area contributed by atoms with Gasteiger partial charge in [0.2, 0.25) is 0 Å². The molecule has 0 aliphatic carbocycles. The number of ether oxygens (including phenoxy) is 1. The summed E-state index contributed by atoms with van der Waals surface area (Å²) in [5.74, 6) is -0.791. The number of morpholine rings is 1. The molecular weight excluding hydrogens is 236 g/mol. The number of amides is 2. The van der Waals surface area contributed by atoms with E-state index in [9.17, 15) is 9.59 Å². The Morgan fingerprint density at radius 2 is 2.22 bits per heavy atom. The lowest BCUT2D eigenvalue weighted by Crippen LogP contribution is -2.52. The third-order valence-electron chi connectivity index (χ3n) is 3.05. The van der Waals surface area contributed by atoms with Crippen LogP contribution >= 0.6 is 0 Å². The molecule has 1 atom stereocenters. The van der Waals surface area contributed by atoms with Gasteiger partial charge in [-0.25, -0.2) is 4.79 Å². The Kier molecular flexibility index (Phi) is 6.49. The molecule has 0 aromatic heterocycles. The molecule has 18 heavy (non-hydrogen) atoms. The molecule has 0 bridgehead atoms. The second kappa shape index (κ2) is 7.92. The highest BCUT2D eigenvalue weighted by molar-refractivity contribution is 5.74. The van der Waals surface area contributed by atoms with Crippen molar-refractivity contribution in [2.45, 2.75) is 38.6 Å². The molecule has 2 amide bonds. The van der Waals surface area contributed by atoms with Crippen molar-refractivity contribution in [1.82, 2.24) is 10.2 Å². The van der Waals surface area contributed by atoms with Gasteiger partial charge in [0.1, 0.15) is 0 Å². The molecule has 104 valence electrons. The molecule has 1 fully saturated rings. The normalized spacial score (nSPS) is 19.6. The largest absolute Gasteiger partial charge is 0.481 e. The number of nitrogens with zero attached hydrogens (tertiary/aromatic N) is 1. The lowest BCUT2D eigenvalue weighted by Gasteiger charge is -2.35. The summed E-state index contributed by atoms with van der Waals surface area (Å²) in [5.41, 5.74) is 0. The minimum Gasteiger partial charge on any atom is -0.481 e. The average Bonchev–Trinajstić information content (AvgIpc) is 2.37. The van der Waals surface area contributed by atoms with Crippen LogP contribution in [-0.2, 0) is 9.53 Å². The van der Waals surface area contributed by atoms with Crippen molar-refractivity contribution < 1.29 is 19.4 Å². The molecule has 6 nitrogen and oxygen atoms in total. The van der Waals surface area contributed by atoms with Gasteiger partial charge < -0.3 is 20.1 Å². The van der Waals surface area contributed by atoms with Gasteiger partial charge in [0.15, 0.2) is 0 Å². The second-order valence-corrected chi connectivity index (χ2v) is 4.41. The highest BCUT2D eigenvalue weighted by atomic mass is 16.5. The average molecular weight is 258 g/mol. The number of hydrogen-bond donors (Lipinski definition) is 2. The standard InChI is InChI=1S/C12H22N2O4/c1-2-10-9-18-8-7-14(10)12(17)13-6-4-3-5-11(15)16/h10H,2-9H2,1H3,(H,13,17)(H,15,16). The fourth-order valence-corrected chi connectivity index (χ4v) is 1.96. The number of carboxylic acid groups (broad SMARTS) is 1. The number of hydrogen-bond acceptors (Lipinski definition) is 3. The van der Waals surface area contributed by atoms with Crippen molar-refractivity contribution in [3.63, 3.8) is 0 Å². The maximum absolute atomic E-state index is 11.9. The molecule has 0 radical (unpaired) electrons. The molecule has 1 saturated heterocycles. The number of nitrogens with one attached hydrogen (secondary N) is 1. The van der Waals surface area contributed by atoms with Gasteiger partial charge in [0, 0.05) is 19.5 Å². The maximum atomic E-state index is 11.9. The van der Waals surface area contributed by atoms with E-state index in [-0.39, 0.29) is 18.5 Å². The van der Waals surface area contributed by atoms with Crippen molar-refractivity contribution in [1.29, 1.82) is 0 Å². The first-order valence-corrected chi connectivity index (χ1v) is 6.49. The van der Waals surface area contributed by atoms with Crippen LogP contribution in [0.2, 0.25) is 0 Å². The van der Waals surface area contributed by atoms with Crippen LogP contribution in [0, 0.1) is 0 Å². The number of urea groups is 1. The SMILES string of the molecule is CCC1COCCN1C(=O)NCCCCC(=O)O. The summed E-state index contributed by atoms with van der Waals surface area (Å²) in [6.07, 6.45) is 2.33. The molecule has 0 spiro atoms.